The lowest BCUT2D eigenvalue weighted by Gasteiger charge is -2.27. The van der Waals surface area contributed by atoms with Crippen molar-refractivity contribution < 1.29 is 52.6 Å². The molecule has 0 spiro atoms. The third kappa shape index (κ3) is 16.7. The van der Waals surface area contributed by atoms with Gasteiger partial charge in [0.25, 0.3) is 5.91 Å². The van der Waals surface area contributed by atoms with E-state index in [1.807, 2.05) is 0 Å². The minimum atomic E-state index is -1.49. The summed E-state index contributed by atoms with van der Waals surface area (Å²) in [6.07, 6.45) is -1.69. The SMILES string of the molecule is CC(C)C(NC(=O)CNC(=O)[C@H](CC(=O)OC(C)(C)C)NC(=O)OCc1ccccc1)C(=O)NN(CC(=O)OC(C)(C)C)C(=O)C=O. The van der Waals surface area contributed by atoms with Gasteiger partial charge in [0.15, 0.2) is 0 Å². The van der Waals surface area contributed by atoms with Gasteiger partial charge in [-0.3, -0.25) is 39.0 Å². The lowest BCUT2D eigenvalue weighted by molar-refractivity contribution is -0.162. The summed E-state index contributed by atoms with van der Waals surface area (Å²) >= 11 is 0. The zero-order chi connectivity index (χ0) is 35.9. The van der Waals surface area contributed by atoms with Crippen molar-refractivity contribution in [1.29, 1.82) is 0 Å². The second kappa shape index (κ2) is 18.2. The lowest BCUT2D eigenvalue weighted by Crippen LogP contribution is -2.58. The Kier molecular flexibility index (Phi) is 15.5. The van der Waals surface area contributed by atoms with Crippen LogP contribution in [0.4, 0.5) is 4.79 Å². The molecule has 1 rings (SSSR count). The van der Waals surface area contributed by atoms with Gasteiger partial charge >= 0.3 is 23.9 Å². The molecule has 47 heavy (non-hydrogen) atoms. The summed E-state index contributed by atoms with van der Waals surface area (Å²) in [5.41, 5.74) is 1.04. The normalized spacial score (nSPS) is 12.4. The molecular weight excluding hydrogens is 618 g/mol. The van der Waals surface area contributed by atoms with Gasteiger partial charge in [0.2, 0.25) is 18.1 Å². The van der Waals surface area contributed by atoms with E-state index < -0.39 is 90.4 Å². The van der Waals surface area contributed by atoms with E-state index in [4.69, 9.17) is 14.2 Å². The second-order valence-corrected chi connectivity index (χ2v) is 12.7. The average Bonchev–Trinajstić information content (AvgIpc) is 2.94. The number of benzene rings is 1. The Morgan fingerprint density at radius 2 is 1.40 bits per heavy atom. The van der Waals surface area contributed by atoms with Gasteiger partial charge in [0, 0.05) is 0 Å². The minimum absolute atomic E-state index is 0.109. The molecule has 0 aliphatic rings. The van der Waals surface area contributed by atoms with Crippen LogP contribution in [0.3, 0.4) is 0 Å². The van der Waals surface area contributed by atoms with E-state index in [1.54, 1.807) is 85.7 Å². The molecule has 2 atom stereocenters. The van der Waals surface area contributed by atoms with Crippen molar-refractivity contribution in [3.05, 3.63) is 35.9 Å². The largest absolute Gasteiger partial charge is 0.460 e. The summed E-state index contributed by atoms with van der Waals surface area (Å²) in [6.45, 7) is 11.2. The molecule has 260 valence electrons. The van der Waals surface area contributed by atoms with Gasteiger partial charge in [-0.25, -0.2) is 9.80 Å². The van der Waals surface area contributed by atoms with E-state index >= 15 is 0 Å². The van der Waals surface area contributed by atoms with E-state index in [-0.39, 0.29) is 12.9 Å². The fourth-order valence-electron chi connectivity index (χ4n) is 3.66. The molecular formula is C31H45N5O11. The molecule has 0 bridgehead atoms. The number of alkyl carbamates (subject to hydrolysis) is 1. The van der Waals surface area contributed by atoms with Crippen molar-refractivity contribution in [3.8, 4) is 0 Å². The number of rotatable bonds is 14. The summed E-state index contributed by atoms with van der Waals surface area (Å²) in [7, 11) is 0. The smallest absolute Gasteiger partial charge is 0.408 e. The molecule has 1 unspecified atom stereocenters. The number of hydrogen-bond donors (Lipinski definition) is 4. The molecule has 1 aromatic carbocycles. The van der Waals surface area contributed by atoms with Gasteiger partial charge in [-0.15, -0.1) is 0 Å². The fraction of sp³-hybridized carbons (Fsp3) is 0.548. The van der Waals surface area contributed by atoms with Crippen molar-refractivity contribution >= 4 is 47.9 Å². The number of ether oxygens (including phenoxy) is 3. The highest BCUT2D eigenvalue weighted by Gasteiger charge is 2.31. The molecule has 1 aromatic rings. The number of nitrogens with zero attached hydrogens (tertiary/aromatic N) is 1. The molecule has 4 N–H and O–H groups in total. The molecule has 0 saturated heterocycles. The van der Waals surface area contributed by atoms with Crippen LogP contribution in [0.25, 0.3) is 0 Å². The Bertz CT molecular complexity index is 1290. The molecule has 0 radical (unpaired) electrons. The highest BCUT2D eigenvalue weighted by molar-refractivity contribution is 6.24. The first-order valence-electron chi connectivity index (χ1n) is 14.8. The van der Waals surface area contributed by atoms with Gasteiger partial charge in [0.05, 0.1) is 13.0 Å². The molecule has 5 amide bonds. The maximum atomic E-state index is 13.0. The van der Waals surface area contributed by atoms with Crippen molar-refractivity contribution in [3.63, 3.8) is 0 Å². The molecule has 0 heterocycles. The summed E-state index contributed by atoms with van der Waals surface area (Å²) in [4.78, 5) is 99.1. The molecule has 16 nitrogen and oxygen atoms in total. The van der Waals surface area contributed by atoms with Crippen LogP contribution < -0.4 is 21.4 Å². The van der Waals surface area contributed by atoms with Crippen LogP contribution in [-0.4, -0.2) is 89.3 Å². The molecule has 0 fully saturated rings. The number of esters is 2. The van der Waals surface area contributed by atoms with Gasteiger partial charge in [0.1, 0.15) is 36.4 Å². The van der Waals surface area contributed by atoms with E-state index in [0.29, 0.717) is 10.6 Å². The van der Waals surface area contributed by atoms with Gasteiger partial charge in [-0.05, 0) is 53.0 Å². The first-order valence-corrected chi connectivity index (χ1v) is 14.8. The zero-order valence-corrected chi connectivity index (χ0v) is 28.0. The molecule has 0 aliphatic carbocycles. The average molecular weight is 664 g/mol. The first-order chi connectivity index (χ1) is 21.7. The summed E-state index contributed by atoms with van der Waals surface area (Å²) in [5.74, 6) is -6.23. The lowest BCUT2D eigenvalue weighted by atomic mass is 10.0. The number of hydrazine groups is 1. The highest BCUT2D eigenvalue weighted by atomic mass is 16.6. The van der Waals surface area contributed by atoms with Crippen LogP contribution in [0, 0.1) is 5.92 Å². The van der Waals surface area contributed by atoms with Gasteiger partial charge in [-0.1, -0.05) is 44.2 Å². The van der Waals surface area contributed by atoms with Crippen LogP contribution in [0.15, 0.2) is 30.3 Å². The Labute approximate surface area is 273 Å². The number of carbonyl (C=O) groups is 8. The number of aldehydes is 1. The predicted octanol–water partition coefficient (Wildman–Crippen LogP) is 0.671. The molecule has 0 aromatic heterocycles. The third-order valence-electron chi connectivity index (χ3n) is 5.62. The van der Waals surface area contributed by atoms with E-state index in [9.17, 15) is 38.4 Å². The Hall–Kier alpha value is -5.02. The molecule has 0 saturated carbocycles. The van der Waals surface area contributed by atoms with E-state index in [2.05, 4.69) is 21.4 Å². The number of nitrogens with one attached hydrogen (secondary N) is 4. The fourth-order valence-corrected chi connectivity index (χ4v) is 3.66. The van der Waals surface area contributed by atoms with Crippen LogP contribution in [0.1, 0.15) is 67.4 Å². The van der Waals surface area contributed by atoms with Crippen molar-refractivity contribution in [2.75, 3.05) is 13.1 Å². The van der Waals surface area contributed by atoms with E-state index in [1.165, 1.54) is 0 Å². The van der Waals surface area contributed by atoms with E-state index in [0.717, 1.165) is 0 Å². The molecule has 16 heteroatoms. The van der Waals surface area contributed by atoms with Crippen molar-refractivity contribution in [2.24, 2.45) is 5.92 Å². The second-order valence-electron chi connectivity index (χ2n) is 12.7. The quantitative estimate of drug-likeness (QED) is 0.0713. The van der Waals surface area contributed by atoms with Crippen molar-refractivity contribution in [2.45, 2.75) is 91.7 Å². The Balaban J connectivity index is 2.92. The minimum Gasteiger partial charge on any atom is -0.460 e. The monoisotopic (exact) mass is 663 g/mol. The topological polar surface area (TPSA) is 216 Å². The van der Waals surface area contributed by atoms with Gasteiger partial charge in [-0.2, -0.15) is 0 Å². The van der Waals surface area contributed by atoms with Crippen LogP contribution >= 0.6 is 0 Å². The van der Waals surface area contributed by atoms with Crippen LogP contribution in [0.5, 0.6) is 0 Å². The standard InChI is InChI=1S/C31H45N5O11/c1-19(2)26(28(43)35-36(23(39)17-37)16-25(41)47-31(6,7)8)34-22(38)15-32-27(42)21(14-24(40)46-30(3,4)5)33-29(44)45-18-20-12-10-9-11-13-20/h9-13,17,19,21,26H,14-16,18H2,1-8H3,(H,32,42)(H,33,44)(H,34,38)(H,35,43)/t21-,26?/m0/s1. The Morgan fingerprint density at radius 1 is 0.830 bits per heavy atom. The maximum absolute atomic E-state index is 13.0. The van der Waals surface area contributed by atoms with Gasteiger partial charge < -0.3 is 30.2 Å². The van der Waals surface area contributed by atoms with Crippen LogP contribution in [0.2, 0.25) is 0 Å². The maximum Gasteiger partial charge on any atom is 0.408 e. The Morgan fingerprint density at radius 3 is 1.94 bits per heavy atom. The first kappa shape index (κ1) is 40.0. The van der Waals surface area contributed by atoms with Crippen molar-refractivity contribution in [1.82, 2.24) is 26.4 Å². The molecule has 0 aliphatic heterocycles. The third-order valence-corrected chi connectivity index (χ3v) is 5.62. The highest BCUT2D eigenvalue weighted by Crippen LogP contribution is 2.11. The predicted molar refractivity (Wildman–Crippen MR) is 166 cm³/mol. The number of amides is 5. The number of hydrogen-bond acceptors (Lipinski definition) is 11. The summed E-state index contributed by atoms with van der Waals surface area (Å²) in [6, 6.07) is 5.95. The summed E-state index contributed by atoms with van der Waals surface area (Å²) < 4.78 is 15.5. The van der Waals surface area contributed by atoms with Crippen LogP contribution in [-0.2, 0) is 54.4 Å². The summed E-state index contributed by atoms with van der Waals surface area (Å²) in [5, 5.41) is 7.45. The zero-order valence-electron chi connectivity index (χ0n) is 28.0. The number of carbonyl (C=O) groups excluding carboxylic acids is 8.